The molecular formula is C21H20N4O4. The number of nitrogens with zero attached hydrogens (tertiary/aromatic N) is 3. The van der Waals surface area contributed by atoms with Gasteiger partial charge >= 0.3 is 0 Å². The molecule has 2 atom stereocenters. The minimum atomic E-state index is -0.696. The lowest BCUT2D eigenvalue weighted by Crippen LogP contribution is -2.34. The molecule has 2 fully saturated rings. The van der Waals surface area contributed by atoms with Crippen LogP contribution in [0.4, 0.5) is 0 Å². The van der Waals surface area contributed by atoms with E-state index in [2.05, 4.69) is 5.16 Å². The van der Waals surface area contributed by atoms with Gasteiger partial charge in [0.25, 0.3) is 11.8 Å². The van der Waals surface area contributed by atoms with Gasteiger partial charge in [0, 0.05) is 24.7 Å². The fourth-order valence-corrected chi connectivity index (χ4v) is 4.68. The van der Waals surface area contributed by atoms with Crippen LogP contribution in [0.25, 0.3) is 11.4 Å². The van der Waals surface area contributed by atoms with Crippen LogP contribution in [-0.2, 0) is 5.41 Å². The second-order valence-electron chi connectivity index (χ2n) is 7.78. The fraction of sp³-hybridized carbons (Fsp3) is 0.333. The van der Waals surface area contributed by atoms with E-state index < -0.39 is 5.91 Å². The molecule has 3 aromatic rings. The Balaban J connectivity index is 1.42. The van der Waals surface area contributed by atoms with E-state index in [0.29, 0.717) is 30.4 Å². The van der Waals surface area contributed by atoms with Crippen molar-refractivity contribution in [1.29, 1.82) is 0 Å². The van der Waals surface area contributed by atoms with Gasteiger partial charge in [-0.1, -0.05) is 41.9 Å². The second kappa shape index (κ2) is 6.58. The average molecular weight is 392 g/mol. The molecule has 1 saturated carbocycles. The highest BCUT2D eigenvalue weighted by molar-refractivity contribution is 5.98. The lowest BCUT2D eigenvalue weighted by atomic mass is 9.80. The molecule has 5 rings (SSSR count). The standard InChI is InChI=1S/C21H20N4O4/c22-17(26)16-9-14(11-28-16)19(27)25-10-15-7-4-8-21(15,12-25)20-23-18(24-29-20)13-5-2-1-3-6-13/h1-3,5-6,9,11,15H,4,7-8,10,12H2,(H2,22,26)/t15-,21-/m1/s1. The van der Waals surface area contributed by atoms with Gasteiger partial charge in [-0.25, -0.2) is 0 Å². The number of likely N-dealkylation sites (tertiary alicyclic amines) is 1. The maximum Gasteiger partial charge on any atom is 0.284 e. The van der Waals surface area contributed by atoms with Crippen molar-refractivity contribution in [3.05, 3.63) is 59.9 Å². The SMILES string of the molecule is NC(=O)c1cc(C(=O)N2C[C@H]3CCC[C@@]3(c3nc(-c4ccccc4)no3)C2)co1. The van der Waals surface area contributed by atoms with Crippen LogP contribution in [0.3, 0.4) is 0 Å². The van der Waals surface area contributed by atoms with Crippen molar-refractivity contribution in [2.24, 2.45) is 11.7 Å². The summed E-state index contributed by atoms with van der Waals surface area (Å²) in [5, 5.41) is 4.18. The van der Waals surface area contributed by atoms with Gasteiger partial charge in [-0.15, -0.1) is 0 Å². The van der Waals surface area contributed by atoms with E-state index in [1.807, 2.05) is 30.3 Å². The van der Waals surface area contributed by atoms with Crippen molar-refractivity contribution >= 4 is 11.8 Å². The summed E-state index contributed by atoms with van der Waals surface area (Å²) in [7, 11) is 0. The highest BCUT2D eigenvalue weighted by Gasteiger charge is 2.55. The average Bonchev–Trinajstić information content (AvgIpc) is 3.50. The second-order valence-corrected chi connectivity index (χ2v) is 7.78. The van der Waals surface area contributed by atoms with Crippen LogP contribution in [0.5, 0.6) is 0 Å². The number of nitrogens with two attached hydrogens (primary N) is 1. The Morgan fingerprint density at radius 1 is 1.24 bits per heavy atom. The van der Waals surface area contributed by atoms with E-state index in [9.17, 15) is 9.59 Å². The molecule has 8 nitrogen and oxygen atoms in total. The third-order valence-corrected chi connectivity index (χ3v) is 6.13. The summed E-state index contributed by atoms with van der Waals surface area (Å²) < 4.78 is 10.8. The Labute approximate surface area is 166 Å². The number of hydrogen-bond donors (Lipinski definition) is 1. The van der Waals surface area contributed by atoms with Gasteiger partial charge in [-0.05, 0) is 18.8 Å². The van der Waals surface area contributed by atoms with Crippen LogP contribution in [0.1, 0.15) is 46.1 Å². The van der Waals surface area contributed by atoms with Crippen molar-refractivity contribution in [1.82, 2.24) is 15.0 Å². The summed E-state index contributed by atoms with van der Waals surface area (Å²) in [6.45, 7) is 1.11. The molecule has 29 heavy (non-hydrogen) atoms. The lowest BCUT2D eigenvalue weighted by molar-refractivity contribution is 0.0774. The molecule has 1 aromatic carbocycles. The number of aromatic nitrogens is 2. The van der Waals surface area contributed by atoms with Crippen molar-refractivity contribution < 1.29 is 18.5 Å². The zero-order valence-electron chi connectivity index (χ0n) is 15.7. The predicted octanol–water partition coefficient (Wildman–Crippen LogP) is 2.62. The van der Waals surface area contributed by atoms with Crippen molar-refractivity contribution in [3.63, 3.8) is 0 Å². The highest BCUT2D eigenvalue weighted by Crippen LogP contribution is 2.50. The van der Waals surface area contributed by atoms with Crippen LogP contribution >= 0.6 is 0 Å². The van der Waals surface area contributed by atoms with Gasteiger partial charge in [0.2, 0.25) is 11.7 Å². The Hall–Kier alpha value is -3.42. The number of fused-ring (bicyclic) bond motifs is 1. The summed E-state index contributed by atoms with van der Waals surface area (Å²) in [6, 6.07) is 11.1. The molecule has 8 heteroatoms. The first kappa shape index (κ1) is 17.7. The molecule has 0 unspecified atom stereocenters. The molecule has 3 heterocycles. The summed E-state index contributed by atoms with van der Waals surface area (Å²) in [6.07, 6.45) is 4.25. The number of furan rings is 1. The van der Waals surface area contributed by atoms with Crippen molar-refractivity contribution in [2.45, 2.75) is 24.7 Å². The highest BCUT2D eigenvalue weighted by atomic mass is 16.5. The minimum absolute atomic E-state index is 0.0214. The van der Waals surface area contributed by atoms with Crippen molar-refractivity contribution in [2.75, 3.05) is 13.1 Å². The number of primary amides is 1. The largest absolute Gasteiger partial charge is 0.458 e. The molecule has 0 spiro atoms. The molecule has 2 N–H and O–H groups in total. The summed E-state index contributed by atoms with van der Waals surface area (Å²) >= 11 is 0. The summed E-state index contributed by atoms with van der Waals surface area (Å²) in [4.78, 5) is 30.7. The van der Waals surface area contributed by atoms with Crippen molar-refractivity contribution in [3.8, 4) is 11.4 Å². The van der Waals surface area contributed by atoms with E-state index in [1.165, 1.54) is 12.3 Å². The maximum atomic E-state index is 13.0. The molecule has 1 aliphatic heterocycles. The van der Waals surface area contributed by atoms with E-state index in [1.54, 1.807) is 4.90 Å². The molecule has 1 aliphatic carbocycles. The van der Waals surface area contributed by atoms with Gasteiger partial charge in [-0.2, -0.15) is 4.98 Å². The first-order valence-electron chi connectivity index (χ1n) is 9.64. The first-order chi connectivity index (χ1) is 14.1. The van der Waals surface area contributed by atoms with Crippen LogP contribution < -0.4 is 5.73 Å². The number of carbonyl (C=O) groups excluding carboxylic acids is 2. The third-order valence-electron chi connectivity index (χ3n) is 6.13. The van der Waals surface area contributed by atoms with Gasteiger partial charge < -0.3 is 19.6 Å². The van der Waals surface area contributed by atoms with Gasteiger partial charge in [0.1, 0.15) is 6.26 Å². The lowest BCUT2D eigenvalue weighted by Gasteiger charge is -2.24. The topological polar surface area (TPSA) is 115 Å². The molecule has 148 valence electrons. The normalized spacial score (nSPS) is 23.3. The Morgan fingerprint density at radius 2 is 2.07 bits per heavy atom. The molecule has 2 aromatic heterocycles. The van der Waals surface area contributed by atoms with Crippen LogP contribution in [0, 0.1) is 5.92 Å². The monoisotopic (exact) mass is 392 g/mol. The summed E-state index contributed by atoms with van der Waals surface area (Å²) in [5.41, 5.74) is 6.11. The third kappa shape index (κ3) is 2.83. The fourth-order valence-electron chi connectivity index (χ4n) is 4.68. The molecule has 1 saturated heterocycles. The number of carbonyl (C=O) groups is 2. The van der Waals surface area contributed by atoms with Gasteiger partial charge in [-0.3, -0.25) is 9.59 Å². The summed E-state index contributed by atoms with van der Waals surface area (Å²) in [5.74, 6) is 0.520. The number of benzene rings is 1. The zero-order chi connectivity index (χ0) is 20.0. The van der Waals surface area contributed by atoms with E-state index in [0.717, 1.165) is 24.8 Å². The Kier molecular flexibility index (Phi) is 4.01. The predicted molar refractivity (Wildman–Crippen MR) is 102 cm³/mol. The number of rotatable bonds is 4. The van der Waals surface area contributed by atoms with E-state index >= 15 is 0 Å². The van der Waals surface area contributed by atoms with Crippen LogP contribution in [-0.4, -0.2) is 39.9 Å². The van der Waals surface area contributed by atoms with Gasteiger partial charge in [0.15, 0.2) is 5.76 Å². The Morgan fingerprint density at radius 3 is 2.83 bits per heavy atom. The molecule has 2 amide bonds. The van der Waals surface area contributed by atoms with E-state index in [4.69, 9.17) is 19.7 Å². The first-order valence-corrected chi connectivity index (χ1v) is 9.64. The zero-order valence-corrected chi connectivity index (χ0v) is 15.7. The smallest absolute Gasteiger partial charge is 0.284 e. The number of hydrogen-bond acceptors (Lipinski definition) is 6. The molecule has 0 radical (unpaired) electrons. The quantitative estimate of drug-likeness (QED) is 0.730. The van der Waals surface area contributed by atoms with Gasteiger partial charge in [0.05, 0.1) is 11.0 Å². The van der Waals surface area contributed by atoms with E-state index in [-0.39, 0.29) is 23.0 Å². The molecule has 2 aliphatic rings. The number of amides is 2. The molecule has 0 bridgehead atoms. The Bertz CT molecular complexity index is 1070. The van der Waals surface area contributed by atoms with Crippen LogP contribution in [0.2, 0.25) is 0 Å². The maximum absolute atomic E-state index is 13.0. The minimum Gasteiger partial charge on any atom is -0.458 e. The molecular weight excluding hydrogens is 372 g/mol. The van der Waals surface area contributed by atoms with Crippen LogP contribution in [0.15, 0.2) is 51.6 Å².